The number of nitrogens with zero attached hydrogens (tertiary/aromatic N) is 6. The van der Waals surface area contributed by atoms with E-state index in [1.54, 1.807) is 6.20 Å². The van der Waals surface area contributed by atoms with E-state index >= 15 is 0 Å². The number of aromatic nitrogens is 5. The zero-order valence-corrected chi connectivity index (χ0v) is 16.0. The Hall–Kier alpha value is -2.93. The van der Waals surface area contributed by atoms with Crippen LogP contribution in [0.4, 0.5) is 0 Å². The standard InChI is InChI=1S/C21H24N6O/c1-25-20(14-27-10-8-22-15-27)23-24-21(25)17-6-4-9-26(12-17)13-18-11-16-5-2-3-7-19(16)28-18/h2-3,5,7-8,10-11,15,17H,4,6,9,12-14H2,1H3/t17-/m0/s1. The summed E-state index contributed by atoms with van der Waals surface area (Å²) < 4.78 is 10.2. The van der Waals surface area contributed by atoms with Gasteiger partial charge in [0.15, 0.2) is 5.82 Å². The molecule has 0 bridgehead atoms. The molecule has 0 amide bonds. The van der Waals surface area contributed by atoms with Crippen LogP contribution in [-0.4, -0.2) is 42.3 Å². The van der Waals surface area contributed by atoms with Gasteiger partial charge in [0.25, 0.3) is 0 Å². The number of likely N-dealkylation sites (tertiary alicyclic amines) is 1. The van der Waals surface area contributed by atoms with E-state index in [2.05, 4.69) is 43.8 Å². The van der Waals surface area contributed by atoms with E-state index in [1.807, 2.05) is 35.3 Å². The fourth-order valence-corrected chi connectivity index (χ4v) is 4.16. The van der Waals surface area contributed by atoms with Crippen molar-refractivity contribution in [1.82, 2.24) is 29.2 Å². The van der Waals surface area contributed by atoms with E-state index in [-0.39, 0.29) is 0 Å². The summed E-state index contributed by atoms with van der Waals surface area (Å²) in [5.41, 5.74) is 0.962. The minimum absolute atomic E-state index is 0.396. The number of benzene rings is 1. The summed E-state index contributed by atoms with van der Waals surface area (Å²) in [5.74, 6) is 3.46. The van der Waals surface area contributed by atoms with Crippen molar-refractivity contribution in [1.29, 1.82) is 0 Å². The molecule has 1 aromatic carbocycles. The Kier molecular flexibility index (Phi) is 4.44. The third kappa shape index (κ3) is 3.33. The van der Waals surface area contributed by atoms with Crippen LogP contribution in [0.25, 0.3) is 11.0 Å². The number of para-hydroxylation sites is 1. The Balaban J connectivity index is 1.29. The molecule has 0 N–H and O–H groups in total. The van der Waals surface area contributed by atoms with E-state index in [0.717, 1.165) is 55.5 Å². The molecule has 0 radical (unpaired) electrons. The average Bonchev–Trinajstić information content (AvgIpc) is 3.43. The second-order valence-electron chi connectivity index (χ2n) is 7.59. The van der Waals surface area contributed by atoms with E-state index in [4.69, 9.17) is 4.42 Å². The first-order chi connectivity index (χ1) is 13.8. The maximum Gasteiger partial charge on any atom is 0.152 e. The molecule has 1 aliphatic heterocycles. The lowest BCUT2D eigenvalue weighted by molar-refractivity contribution is 0.183. The maximum atomic E-state index is 6.01. The minimum Gasteiger partial charge on any atom is -0.460 e. The van der Waals surface area contributed by atoms with Crippen LogP contribution < -0.4 is 0 Å². The Bertz CT molecular complexity index is 1030. The molecule has 1 aliphatic rings. The summed E-state index contributed by atoms with van der Waals surface area (Å²) in [4.78, 5) is 6.57. The zero-order chi connectivity index (χ0) is 18.9. The van der Waals surface area contributed by atoms with Crippen molar-refractivity contribution in [2.24, 2.45) is 7.05 Å². The Morgan fingerprint density at radius 1 is 1.18 bits per heavy atom. The Morgan fingerprint density at radius 2 is 2.11 bits per heavy atom. The lowest BCUT2D eigenvalue weighted by atomic mass is 9.97. The number of rotatable bonds is 5. The number of piperidine rings is 1. The van der Waals surface area contributed by atoms with Crippen LogP contribution in [0.5, 0.6) is 0 Å². The summed E-state index contributed by atoms with van der Waals surface area (Å²) in [6.45, 7) is 3.60. The lowest BCUT2D eigenvalue weighted by Gasteiger charge is -2.31. The summed E-state index contributed by atoms with van der Waals surface area (Å²) in [7, 11) is 2.07. The molecule has 1 atom stereocenters. The highest BCUT2D eigenvalue weighted by atomic mass is 16.3. The molecule has 0 aliphatic carbocycles. The summed E-state index contributed by atoms with van der Waals surface area (Å²) in [6, 6.07) is 10.3. The summed E-state index contributed by atoms with van der Waals surface area (Å²) >= 11 is 0. The first-order valence-electron chi connectivity index (χ1n) is 9.80. The van der Waals surface area contributed by atoms with Gasteiger partial charge in [-0.1, -0.05) is 18.2 Å². The lowest BCUT2D eigenvalue weighted by Crippen LogP contribution is -2.34. The number of fused-ring (bicyclic) bond motifs is 1. The zero-order valence-electron chi connectivity index (χ0n) is 16.0. The predicted octanol–water partition coefficient (Wildman–Crippen LogP) is 3.19. The van der Waals surface area contributed by atoms with E-state index in [9.17, 15) is 0 Å². The van der Waals surface area contributed by atoms with Crippen LogP contribution in [0.15, 0.2) is 53.5 Å². The van der Waals surface area contributed by atoms with Gasteiger partial charge in [-0.05, 0) is 31.5 Å². The van der Waals surface area contributed by atoms with Crippen LogP contribution in [0.3, 0.4) is 0 Å². The molecule has 7 heteroatoms. The molecule has 0 spiro atoms. The summed E-state index contributed by atoms with van der Waals surface area (Å²) in [5, 5.41) is 10.1. The number of furan rings is 1. The topological polar surface area (TPSA) is 64.9 Å². The predicted molar refractivity (Wildman–Crippen MR) is 106 cm³/mol. The van der Waals surface area contributed by atoms with Crippen molar-refractivity contribution in [3.63, 3.8) is 0 Å². The SMILES string of the molecule is Cn1c(Cn2ccnc2)nnc1[C@H]1CCCN(Cc2cc3ccccc3o2)C1. The van der Waals surface area contributed by atoms with Gasteiger partial charge in [0.05, 0.1) is 19.4 Å². The van der Waals surface area contributed by atoms with Crippen molar-refractivity contribution in [3.8, 4) is 0 Å². The van der Waals surface area contributed by atoms with E-state index < -0.39 is 0 Å². The summed E-state index contributed by atoms with van der Waals surface area (Å²) in [6.07, 6.45) is 7.85. The van der Waals surface area contributed by atoms with Gasteiger partial charge < -0.3 is 13.6 Å². The van der Waals surface area contributed by atoms with Gasteiger partial charge >= 0.3 is 0 Å². The van der Waals surface area contributed by atoms with Gasteiger partial charge in [0.1, 0.15) is 17.2 Å². The fourth-order valence-electron chi connectivity index (χ4n) is 4.16. The van der Waals surface area contributed by atoms with Crippen molar-refractivity contribution in [2.75, 3.05) is 13.1 Å². The highest BCUT2D eigenvalue weighted by Crippen LogP contribution is 2.28. The largest absolute Gasteiger partial charge is 0.460 e. The smallest absolute Gasteiger partial charge is 0.152 e. The van der Waals surface area contributed by atoms with Crippen LogP contribution in [0, 0.1) is 0 Å². The van der Waals surface area contributed by atoms with Crippen LogP contribution in [0.2, 0.25) is 0 Å². The van der Waals surface area contributed by atoms with Crippen LogP contribution in [0.1, 0.15) is 36.2 Å². The molecule has 1 saturated heterocycles. The Morgan fingerprint density at radius 3 is 2.96 bits per heavy atom. The molecular weight excluding hydrogens is 352 g/mol. The number of imidazole rings is 1. The fraction of sp³-hybridized carbons (Fsp3) is 0.381. The Labute approximate surface area is 163 Å². The molecule has 5 rings (SSSR count). The molecular formula is C21H24N6O. The van der Waals surface area contributed by atoms with E-state index in [0.29, 0.717) is 12.5 Å². The second kappa shape index (κ2) is 7.24. The molecule has 3 aromatic heterocycles. The molecule has 4 heterocycles. The van der Waals surface area contributed by atoms with Crippen molar-refractivity contribution in [3.05, 3.63) is 66.5 Å². The molecule has 144 valence electrons. The van der Waals surface area contributed by atoms with Gasteiger partial charge in [-0.25, -0.2) is 4.98 Å². The van der Waals surface area contributed by atoms with Crippen molar-refractivity contribution in [2.45, 2.75) is 31.8 Å². The van der Waals surface area contributed by atoms with Crippen LogP contribution >= 0.6 is 0 Å². The van der Waals surface area contributed by atoms with Gasteiger partial charge in [-0.15, -0.1) is 10.2 Å². The van der Waals surface area contributed by atoms with E-state index in [1.165, 1.54) is 5.39 Å². The van der Waals surface area contributed by atoms with Gasteiger partial charge in [0, 0.05) is 37.3 Å². The third-order valence-electron chi connectivity index (χ3n) is 5.61. The van der Waals surface area contributed by atoms with Crippen molar-refractivity contribution < 1.29 is 4.42 Å². The highest BCUT2D eigenvalue weighted by Gasteiger charge is 2.26. The molecule has 28 heavy (non-hydrogen) atoms. The first kappa shape index (κ1) is 17.2. The molecule has 4 aromatic rings. The third-order valence-corrected chi connectivity index (χ3v) is 5.61. The number of hydrogen-bond acceptors (Lipinski definition) is 5. The quantitative estimate of drug-likeness (QED) is 0.535. The van der Waals surface area contributed by atoms with Crippen molar-refractivity contribution >= 4 is 11.0 Å². The average molecular weight is 376 g/mol. The second-order valence-corrected chi connectivity index (χ2v) is 7.59. The van der Waals surface area contributed by atoms with Crippen LogP contribution in [-0.2, 0) is 20.1 Å². The highest BCUT2D eigenvalue weighted by molar-refractivity contribution is 5.77. The number of hydrogen-bond donors (Lipinski definition) is 0. The monoisotopic (exact) mass is 376 g/mol. The maximum absolute atomic E-state index is 6.01. The normalized spacial score (nSPS) is 18.1. The van der Waals surface area contributed by atoms with Gasteiger partial charge in [0.2, 0.25) is 0 Å². The van der Waals surface area contributed by atoms with Gasteiger partial charge in [-0.2, -0.15) is 0 Å². The molecule has 1 fully saturated rings. The molecule has 7 nitrogen and oxygen atoms in total. The van der Waals surface area contributed by atoms with Gasteiger partial charge in [-0.3, -0.25) is 4.90 Å². The minimum atomic E-state index is 0.396. The first-order valence-corrected chi connectivity index (χ1v) is 9.80. The molecule has 0 unspecified atom stereocenters. The molecule has 0 saturated carbocycles.